The maximum atomic E-state index is 13.1. The molecule has 4 heterocycles. The Bertz CT molecular complexity index is 1190. The van der Waals surface area contributed by atoms with Gasteiger partial charge in [0.15, 0.2) is 5.82 Å². The number of nitrogens with zero attached hydrogens (tertiary/aromatic N) is 5. The van der Waals surface area contributed by atoms with Crippen LogP contribution in [-0.4, -0.2) is 38.2 Å². The first-order valence-corrected chi connectivity index (χ1v) is 11.5. The van der Waals surface area contributed by atoms with Crippen LogP contribution in [0.5, 0.6) is 0 Å². The predicted octanol–water partition coefficient (Wildman–Crippen LogP) is 3.95. The smallest absolute Gasteiger partial charge is 0.273 e. The van der Waals surface area contributed by atoms with Gasteiger partial charge in [-0.05, 0) is 50.8 Å². The fourth-order valence-corrected chi connectivity index (χ4v) is 4.71. The van der Waals surface area contributed by atoms with Gasteiger partial charge in [0, 0.05) is 30.4 Å². The molecule has 0 spiro atoms. The molecule has 1 saturated heterocycles. The van der Waals surface area contributed by atoms with Gasteiger partial charge < -0.3 is 4.90 Å². The van der Waals surface area contributed by atoms with Crippen molar-refractivity contribution in [3.05, 3.63) is 82.6 Å². The Morgan fingerprint density at radius 1 is 1.06 bits per heavy atom. The highest BCUT2D eigenvalue weighted by Gasteiger charge is 2.35. The normalized spacial score (nSPS) is 17.9. The SMILES string of the molecule is Cc1ccc(CN2C(=O)CCc3c(C)nc(C4CCCN4C(=O)c4ccccn4)nc32)cc1. The zero-order valence-corrected chi connectivity index (χ0v) is 19.0. The first kappa shape index (κ1) is 21.2. The van der Waals surface area contributed by atoms with E-state index in [9.17, 15) is 9.59 Å². The van der Waals surface area contributed by atoms with E-state index in [1.165, 1.54) is 5.56 Å². The zero-order chi connectivity index (χ0) is 22.9. The largest absolute Gasteiger partial charge is 0.327 e. The van der Waals surface area contributed by atoms with Crippen LogP contribution in [0.3, 0.4) is 0 Å². The van der Waals surface area contributed by atoms with Crippen LogP contribution in [0.1, 0.15) is 64.0 Å². The minimum atomic E-state index is -0.221. The Kier molecular flexibility index (Phi) is 5.62. The van der Waals surface area contributed by atoms with Gasteiger partial charge in [-0.3, -0.25) is 19.5 Å². The molecular formula is C26H27N5O2. The highest BCUT2D eigenvalue weighted by atomic mass is 16.2. The number of fused-ring (bicyclic) bond motifs is 1. The first-order chi connectivity index (χ1) is 16.0. The fourth-order valence-electron chi connectivity index (χ4n) is 4.71. The highest BCUT2D eigenvalue weighted by Crippen LogP contribution is 2.35. The highest BCUT2D eigenvalue weighted by molar-refractivity contribution is 5.95. The quantitative estimate of drug-likeness (QED) is 0.613. The van der Waals surface area contributed by atoms with E-state index in [1.54, 1.807) is 23.2 Å². The number of aromatic nitrogens is 3. The number of carbonyl (C=O) groups excluding carboxylic acids is 2. The number of rotatable bonds is 4. The lowest BCUT2D eigenvalue weighted by atomic mass is 10.0. The summed E-state index contributed by atoms with van der Waals surface area (Å²) in [5, 5.41) is 0. The summed E-state index contributed by atoms with van der Waals surface area (Å²) in [6.45, 7) is 5.15. The summed E-state index contributed by atoms with van der Waals surface area (Å²) < 4.78 is 0. The second kappa shape index (κ2) is 8.73. The van der Waals surface area contributed by atoms with Crippen LogP contribution < -0.4 is 4.90 Å². The summed E-state index contributed by atoms with van der Waals surface area (Å²) >= 11 is 0. The van der Waals surface area contributed by atoms with Crippen molar-refractivity contribution < 1.29 is 9.59 Å². The lowest BCUT2D eigenvalue weighted by Gasteiger charge is -2.31. The van der Waals surface area contributed by atoms with E-state index < -0.39 is 0 Å². The average Bonchev–Trinajstić information content (AvgIpc) is 3.32. The topological polar surface area (TPSA) is 79.3 Å². The van der Waals surface area contributed by atoms with Gasteiger partial charge in [-0.25, -0.2) is 9.97 Å². The van der Waals surface area contributed by atoms with Crippen molar-refractivity contribution in [3.63, 3.8) is 0 Å². The van der Waals surface area contributed by atoms with Gasteiger partial charge in [-0.1, -0.05) is 35.9 Å². The molecule has 168 valence electrons. The predicted molar refractivity (Wildman–Crippen MR) is 125 cm³/mol. The number of pyridine rings is 1. The third-order valence-electron chi connectivity index (χ3n) is 6.51. The summed E-state index contributed by atoms with van der Waals surface area (Å²) in [4.78, 5) is 43.6. The maximum Gasteiger partial charge on any atom is 0.273 e. The van der Waals surface area contributed by atoms with E-state index in [0.29, 0.717) is 43.3 Å². The number of aryl methyl sites for hydroxylation is 2. The average molecular weight is 442 g/mol. The van der Waals surface area contributed by atoms with Gasteiger partial charge >= 0.3 is 0 Å². The molecule has 5 rings (SSSR count). The van der Waals surface area contributed by atoms with Gasteiger partial charge in [-0.15, -0.1) is 0 Å². The molecule has 0 N–H and O–H groups in total. The second-order valence-corrected chi connectivity index (χ2v) is 8.81. The Morgan fingerprint density at radius 3 is 2.64 bits per heavy atom. The van der Waals surface area contributed by atoms with Crippen LogP contribution in [0.15, 0.2) is 48.7 Å². The second-order valence-electron chi connectivity index (χ2n) is 8.81. The minimum absolute atomic E-state index is 0.0694. The Balaban J connectivity index is 1.49. The molecule has 1 unspecified atom stereocenters. The van der Waals surface area contributed by atoms with Crippen molar-refractivity contribution in [2.24, 2.45) is 0 Å². The van der Waals surface area contributed by atoms with Crippen LogP contribution in [-0.2, 0) is 17.8 Å². The standard InChI is InChI=1S/C26H27N5O2/c1-17-8-10-19(11-9-17)16-31-23(32)13-12-20-18(2)28-24(29-25(20)31)22-7-5-15-30(22)26(33)21-6-3-4-14-27-21/h3-4,6,8-11,14,22H,5,7,12-13,15-16H2,1-2H3. The van der Waals surface area contributed by atoms with Crippen molar-refractivity contribution in [2.45, 2.75) is 52.1 Å². The molecule has 33 heavy (non-hydrogen) atoms. The number of hydrogen-bond acceptors (Lipinski definition) is 5. The first-order valence-electron chi connectivity index (χ1n) is 11.5. The number of anilines is 1. The lowest BCUT2D eigenvalue weighted by molar-refractivity contribution is -0.119. The van der Waals surface area contributed by atoms with Crippen molar-refractivity contribution in [1.82, 2.24) is 19.9 Å². The molecule has 0 aliphatic carbocycles. The maximum absolute atomic E-state index is 13.1. The minimum Gasteiger partial charge on any atom is -0.327 e. The number of hydrogen-bond donors (Lipinski definition) is 0. The van der Waals surface area contributed by atoms with E-state index in [0.717, 1.165) is 29.7 Å². The van der Waals surface area contributed by atoms with Crippen LogP contribution in [0, 0.1) is 13.8 Å². The molecule has 1 aromatic carbocycles. The summed E-state index contributed by atoms with van der Waals surface area (Å²) in [5.41, 5.74) is 4.57. The van der Waals surface area contributed by atoms with Gasteiger partial charge in [0.1, 0.15) is 11.5 Å². The molecule has 1 fully saturated rings. The molecule has 2 amide bonds. The molecule has 2 aromatic heterocycles. The van der Waals surface area contributed by atoms with Crippen molar-refractivity contribution in [2.75, 3.05) is 11.4 Å². The van der Waals surface area contributed by atoms with Crippen LogP contribution in [0.25, 0.3) is 0 Å². The Labute approximate surface area is 193 Å². The fraction of sp³-hybridized carbons (Fsp3) is 0.346. The molecule has 7 heteroatoms. The summed E-state index contributed by atoms with van der Waals surface area (Å²) in [6.07, 6.45) is 4.41. The monoisotopic (exact) mass is 441 g/mol. The Hall–Kier alpha value is -3.61. The van der Waals surface area contributed by atoms with Gasteiger partial charge in [0.05, 0.1) is 12.6 Å². The number of amides is 2. The van der Waals surface area contributed by atoms with Crippen molar-refractivity contribution >= 4 is 17.6 Å². The molecular weight excluding hydrogens is 414 g/mol. The van der Waals surface area contributed by atoms with Gasteiger partial charge in [0.25, 0.3) is 5.91 Å². The van der Waals surface area contributed by atoms with Crippen LogP contribution in [0.2, 0.25) is 0 Å². The lowest BCUT2D eigenvalue weighted by Crippen LogP contribution is -2.37. The van der Waals surface area contributed by atoms with Crippen molar-refractivity contribution in [1.29, 1.82) is 0 Å². The molecule has 0 saturated carbocycles. The number of benzene rings is 1. The van der Waals surface area contributed by atoms with Crippen LogP contribution >= 0.6 is 0 Å². The van der Waals surface area contributed by atoms with Crippen LogP contribution in [0.4, 0.5) is 5.82 Å². The van der Waals surface area contributed by atoms with E-state index in [4.69, 9.17) is 9.97 Å². The van der Waals surface area contributed by atoms with E-state index >= 15 is 0 Å². The Morgan fingerprint density at radius 2 is 1.88 bits per heavy atom. The van der Waals surface area contributed by atoms with Gasteiger partial charge in [-0.2, -0.15) is 0 Å². The summed E-state index contributed by atoms with van der Waals surface area (Å²) in [5.74, 6) is 1.26. The van der Waals surface area contributed by atoms with E-state index in [2.05, 4.69) is 29.2 Å². The van der Waals surface area contributed by atoms with Gasteiger partial charge in [0.2, 0.25) is 5.91 Å². The molecule has 1 atom stereocenters. The van der Waals surface area contributed by atoms with E-state index in [1.807, 2.05) is 24.8 Å². The third kappa shape index (κ3) is 4.11. The zero-order valence-electron chi connectivity index (χ0n) is 19.0. The number of carbonyl (C=O) groups is 2. The number of likely N-dealkylation sites (tertiary alicyclic amines) is 1. The summed E-state index contributed by atoms with van der Waals surface area (Å²) in [7, 11) is 0. The molecule has 0 bridgehead atoms. The molecule has 0 radical (unpaired) electrons. The van der Waals surface area contributed by atoms with Crippen molar-refractivity contribution in [3.8, 4) is 0 Å². The molecule has 7 nitrogen and oxygen atoms in total. The third-order valence-corrected chi connectivity index (χ3v) is 6.51. The summed E-state index contributed by atoms with van der Waals surface area (Å²) in [6, 6.07) is 13.3. The molecule has 2 aliphatic rings. The van der Waals surface area contributed by atoms with E-state index in [-0.39, 0.29) is 17.9 Å². The molecule has 3 aromatic rings. The molecule has 2 aliphatic heterocycles.